The fourth-order valence-corrected chi connectivity index (χ4v) is 2.92. The smallest absolute Gasteiger partial charge is 0.122 e. The zero-order valence-corrected chi connectivity index (χ0v) is 12.6. The molecule has 0 amide bonds. The fraction of sp³-hybridized carbons (Fsp3) is 0.368. The van der Waals surface area contributed by atoms with E-state index in [0.29, 0.717) is 12.6 Å². The van der Waals surface area contributed by atoms with E-state index in [9.17, 15) is 0 Å². The highest BCUT2D eigenvalue weighted by molar-refractivity contribution is 5.37. The van der Waals surface area contributed by atoms with Crippen LogP contribution in [0.5, 0.6) is 5.75 Å². The monoisotopic (exact) mass is 281 g/mol. The number of hydrogen-bond acceptors (Lipinski definition) is 2. The van der Waals surface area contributed by atoms with Gasteiger partial charge in [0, 0.05) is 6.04 Å². The van der Waals surface area contributed by atoms with Gasteiger partial charge in [0.05, 0.1) is 0 Å². The average Bonchev–Trinajstić information content (AvgIpc) is 2.55. The van der Waals surface area contributed by atoms with Crippen molar-refractivity contribution >= 4 is 0 Å². The molecule has 0 saturated carbocycles. The molecule has 0 spiro atoms. The van der Waals surface area contributed by atoms with Crippen LogP contribution in [0, 0.1) is 6.92 Å². The Balaban J connectivity index is 1.66. The Hall–Kier alpha value is -1.80. The first-order valence-electron chi connectivity index (χ1n) is 7.83. The fourth-order valence-electron chi connectivity index (χ4n) is 2.92. The molecule has 1 aliphatic heterocycles. The van der Waals surface area contributed by atoms with Crippen LogP contribution >= 0.6 is 0 Å². The lowest BCUT2D eigenvalue weighted by molar-refractivity contribution is 0.303. The molecule has 1 heterocycles. The third kappa shape index (κ3) is 3.64. The number of hydrogen-bond donors (Lipinski definition) is 1. The second-order valence-corrected chi connectivity index (χ2v) is 5.80. The van der Waals surface area contributed by atoms with Crippen LogP contribution in [-0.4, -0.2) is 6.54 Å². The van der Waals surface area contributed by atoms with Gasteiger partial charge in [0.2, 0.25) is 0 Å². The van der Waals surface area contributed by atoms with Crippen molar-refractivity contribution < 1.29 is 4.74 Å². The largest absolute Gasteiger partial charge is 0.489 e. The molecule has 21 heavy (non-hydrogen) atoms. The lowest BCUT2D eigenvalue weighted by Crippen LogP contribution is -2.26. The van der Waals surface area contributed by atoms with Gasteiger partial charge in [-0.25, -0.2) is 0 Å². The van der Waals surface area contributed by atoms with Crippen LogP contribution in [0.1, 0.15) is 42.0 Å². The van der Waals surface area contributed by atoms with Crippen LogP contribution < -0.4 is 10.1 Å². The van der Waals surface area contributed by atoms with E-state index in [1.54, 1.807) is 0 Å². The van der Waals surface area contributed by atoms with E-state index < -0.39 is 0 Å². The molecule has 3 rings (SSSR count). The molecule has 1 atom stereocenters. The first-order valence-corrected chi connectivity index (χ1v) is 7.83. The lowest BCUT2D eigenvalue weighted by atomic mass is 9.96. The Morgan fingerprint density at radius 2 is 1.95 bits per heavy atom. The van der Waals surface area contributed by atoms with E-state index >= 15 is 0 Å². The molecular weight excluding hydrogens is 258 g/mol. The van der Waals surface area contributed by atoms with E-state index in [2.05, 4.69) is 42.6 Å². The zero-order valence-electron chi connectivity index (χ0n) is 12.6. The third-order valence-corrected chi connectivity index (χ3v) is 4.15. The van der Waals surface area contributed by atoms with E-state index in [0.717, 1.165) is 12.3 Å². The van der Waals surface area contributed by atoms with Gasteiger partial charge in [-0.05, 0) is 49.1 Å². The highest BCUT2D eigenvalue weighted by Gasteiger charge is 2.15. The second kappa shape index (κ2) is 6.77. The average molecular weight is 281 g/mol. The maximum Gasteiger partial charge on any atom is 0.122 e. The van der Waals surface area contributed by atoms with Crippen molar-refractivity contribution in [2.75, 3.05) is 6.54 Å². The van der Waals surface area contributed by atoms with Gasteiger partial charge in [-0.15, -0.1) is 0 Å². The van der Waals surface area contributed by atoms with Gasteiger partial charge >= 0.3 is 0 Å². The van der Waals surface area contributed by atoms with Gasteiger partial charge < -0.3 is 10.1 Å². The minimum atomic E-state index is 0.514. The van der Waals surface area contributed by atoms with Crippen LogP contribution in [0.25, 0.3) is 0 Å². The predicted octanol–water partition coefficient (Wildman–Crippen LogP) is 4.39. The summed E-state index contributed by atoms with van der Waals surface area (Å²) in [7, 11) is 0. The summed E-state index contributed by atoms with van der Waals surface area (Å²) in [5.74, 6) is 0.985. The number of piperidine rings is 1. The van der Waals surface area contributed by atoms with Crippen molar-refractivity contribution in [2.45, 2.75) is 38.8 Å². The molecule has 2 aromatic carbocycles. The molecule has 0 radical (unpaired) electrons. The molecular formula is C19H23NO. The summed E-state index contributed by atoms with van der Waals surface area (Å²) in [6, 6.07) is 17.4. The molecule has 1 saturated heterocycles. The standard InChI is InChI=1S/C19H23NO/c1-15-13-17(18-9-5-6-12-20-18)10-11-19(15)21-14-16-7-3-2-4-8-16/h2-4,7-8,10-11,13,18,20H,5-6,9,12,14H2,1H3. The molecule has 1 N–H and O–H groups in total. The summed E-state index contributed by atoms with van der Waals surface area (Å²) in [5, 5.41) is 3.60. The molecule has 2 nitrogen and oxygen atoms in total. The summed E-state index contributed by atoms with van der Waals surface area (Å²) in [5.41, 5.74) is 3.81. The number of ether oxygens (including phenoxy) is 1. The van der Waals surface area contributed by atoms with Crippen LogP contribution in [0.4, 0.5) is 0 Å². The lowest BCUT2D eigenvalue weighted by Gasteiger charge is -2.24. The minimum absolute atomic E-state index is 0.514. The Labute approximate surface area is 127 Å². The second-order valence-electron chi connectivity index (χ2n) is 5.80. The zero-order chi connectivity index (χ0) is 14.5. The van der Waals surface area contributed by atoms with Crippen molar-refractivity contribution in [3.63, 3.8) is 0 Å². The first kappa shape index (κ1) is 14.2. The van der Waals surface area contributed by atoms with Crippen LogP contribution in [0.15, 0.2) is 48.5 Å². The molecule has 0 aromatic heterocycles. The number of aryl methyl sites for hydroxylation is 1. The van der Waals surface area contributed by atoms with Gasteiger partial charge in [-0.2, -0.15) is 0 Å². The number of nitrogens with one attached hydrogen (secondary N) is 1. The minimum Gasteiger partial charge on any atom is -0.489 e. The number of rotatable bonds is 4. The first-order chi connectivity index (χ1) is 10.3. The molecule has 1 aliphatic rings. The van der Waals surface area contributed by atoms with Gasteiger partial charge in [0.25, 0.3) is 0 Å². The SMILES string of the molecule is Cc1cc(C2CCCCN2)ccc1OCc1ccccc1. The molecule has 2 heteroatoms. The van der Waals surface area contributed by atoms with Gasteiger partial charge in [0.1, 0.15) is 12.4 Å². The highest BCUT2D eigenvalue weighted by Crippen LogP contribution is 2.27. The Morgan fingerprint density at radius 1 is 1.10 bits per heavy atom. The molecule has 0 bridgehead atoms. The highest BCUT2D eigenvalue weighted by atomic mass is 16.5. The maximum atomic E-state index is 5.94. The molecule has 1 fully saturated rings. The topological polar surface area (TPSA) is 21.3 Å². The normalized spacial score (nSPS) is 18.4. The van der Waals surface area contributed by atoms with Crippen molar-refractivity contribution in [3.8, 4) is 5.75 Å². The van der Waals surface area contributed by atoms with Crippen LogP contribution in [0.3, 0.4) is 0 Å². The van der Waals surface area contributed by atoms with E-state index in [4.69, 9.17) is 4.74 Å². The van der Waals surface area contributed by atoms with E-state index in [-0.39, 0.29) is 0 Å². The summed E-state index contributed by atoms with van der Waals surface area (Å²) < 4.78 is 5.94. The summed E-state index contributed by atoms with van der Waals surface area (Å²) in [6.07, 6.45) is 3.86. The van der Waals surface area contributed by atoms with Gasteiger partial charge in [-0.3, -0.25) is 0 Å². The Kier molecular flexibility index (Phi) is 4.56. The van der Waals surface area contributed by atoms with Crippen LogP contribution in [0.2, 0.25) is 0 Å². The number of benzene rings is 2. The predicted molar refractivity (Wildman–Crippen MR) is 86.5 cm³/mol. The molecule has 0 aliphatic carbocycles. The van der Waals surface area contributed by atoms with Crippen molar-refractivity contribution in [1.82, 2.24) is 5.32 Å². The van der Waals surface area contributed by atoms with Crippen molar-refractivity contribution in [1.29, 1.82) is 0 Å². The van der Waals surface area contributed by atoms with Crippen molar-refractivity contribution in [3.05, 3.63) is 65.2 Å². The quantitative estimate of drug-likeness (QED) is 0.897. The third-order valence-electron chi connectivity index (χ3n) is 4.15. The summed E-state index contributed by atoms with van der Waals surface area (Å²) >= 11 is 0. The van der Waals surface area contributed by atoms with Gasteiger partial charge in [0.15, 0.2) is 0 Å². The summed E-state index contributed by atoms with van der Waals surface area (Å²) in [6.45, 7) is 3.89. The van der Waals surface area contributed by atoms with Crippen LogP contribution in [-0.2, 0) is 6.61 Å². The molecule has 1 unspecified atom stereocenters. The molecule has 2 aromatic rings. The Morgan fingerprint density at radius 3 is 2.67 bits per heavy atom. The van der Waals surface area contributed by atoms with Gasteiger partial charge in [-0.1, -0.05) is 48.9 Å². The molecule has 110 valence electrons. The maximum absolute atomic E-state index is 5.94. The summed E-state index contributed by atoms with van der Waals surface area (Å²) in [4.78, 5) is 0. The van der Waals surface area contributed by atoms with E-state index in [1.165, 1.54) is 36.0 Å². The van der Waals surface area contributed by atoms with E-state index in [1.807, 2.05) is 18.2 Å². The van der Waals surface area contributed by atoms with Crippen molar-refractivity contribution in [2.24, 2.45) is 0 Å². The Bertz CT molecular complexity index is 573.